The first kappa shape index (κ1) is 60.4. The maximum atomic E-state index is 12.6. The number of unbranched alkanes of at least 4 members (excludes halogenated alkanes) is 20. The number of rotatable bonds is 46. The molecule has 0 saturated heterocycles. The predicted octanol–water partition coefficient (Wildman–Crippen LogP) is 14.0. The molecule has 3 atom stereocenters. The number of hydrogen-bond acceptors (Lipinski definition) is 9. The Balaban J connectivity index is 4.27. The Morgan fingerprint density at radius 2 is 0.873 bits per heavy atom. The summed E-state index contributed by atoms with van der Waals surface area (Å²) in [7, 11) is -4.65. The van der Waals surface area contributed by atoms with Crippen LogP contribution >= 0.6 is 7.82 Å². The standard InChI is InChI=1S/C52H91O10P/c1-3-5-7-9-11-13-15-17-19-21-22-23-24-25-26-28-29-31-33-35-37-39-41-43-51(55)59-47-50(48-61-63(57,58)60-46-49(54)45-53)62-52(56)44-42-40-38-36-34-32-30-27-20-18-16-14-12-10-8-6-4-2/h6,8,12,14,18,20,30,32,35-38,49-50,53-54H,3-5,7,9-11,13,15-17,19,21-29,31,33-34,39-48H2,1-2H3,(H,57,58)/b8-6+,14-12+,20-18+,32-30+,37-35+,38-36+/t49-,50+/m1/s1. The molecule has 0 amide bonds. The minimum absolute atomic E-state index is 0.0978. The van der Waals surface area contributed by atoms with Crippen molar-refractivity contribution in [1.29, 1.82) is 0 Å². The average molecular weight is 907 g/mol. The summed E-state index contributed by atoms with van der Waals surface area (Å²) < 4.78 is 32.7. The van der Waals surface area contributed by atoms with Gasteiger partial charge in [-0.15, -0.1) is 0 Å². The predicted molar refractivity (Wildman–Crippen MR) is 260 cm³/mol. The molecule has 0 spiro atoms. The molecule has 0 aromatic heterocycles. The van der Waals surface area contributed by atoms with Crippen LogP contribution in [0.1, 0.15) is 206 Å². The van der Waals surface area contributed by atoms with E-state index in [4.69, 9.17) is 23.6 Å². The van der Waals surface area contributed by atoms with Gasteiger partial charge in [-0.2, -0.15) is 0 Å². The van der Waals surface area contributed by atoms with Gasteiger partial charge in [0.15, 0.2) is 6.10 Å². The van der Waals surface area contributed by atoms with E-state index in [9.17, 15) is 24.2 Å². The van der Waals surface area contributed by atoms with Gasteiger partial charge < -0.3 is 24.6 Å². The SMILES string of the molecule is CC/C=C/C/C=C/C/C=C/C/C=C/C/C=C/CCCC(=O)O[C@@H](COC(=O)CCC/C=C/CCCCCCCCCCCCCCCCCCCC)COP(=O)(O)OC[C@H](O)CO. The number of carbonyl (C=O) groups is 2. The number of esters is 2. The molecule has 0 aromatic rings. The van der Waals surface area contributed by atoms with Gasteiger partial charge in [-0.1, -0.05) is 196 Å². The summed E-state index contributed by atoms with van der Waals surface area (Å²) in [6.07, 6.45) is 56.1. The van der Waals surface area contributed by atoms with Crippen LogP contribution in [0.4, 0.5) is 0 Å². The molecular weight excluding hydrogens is 816 g/mol. The Hall–Kier alpha value is -2.59. The second kappa shape index (κ2) is 47.4. The largest absolute Gasteiger partial charge is 0.472 e. The molecule has 0 rings (SSSR count). The third kappa shape index (κ3) is 47.2. The van der Waals surface area contributed by atoms with E-state index in [1.807, 2.05) is 12.2 Å². The molecule has 0 heterocycles. The van der Waals surface area contributed by atoms with E-state index in [-0.39, 0.29) is 19.4 Å². The van der Waals surface area contributed by atoms with Crippen LogP contribution in [0.25, 0.3) is 0 Å². The molecular formula is C52H91O10P. The quantitative estimate of drug-likeness (QED) is 0.0233. The van der Waals surface area contributed by atoms with Gasteiger partial charge in [-0.05, 0) is 70.6 Å². The summed E-state index contributed by atoms with van der Waals surface area (Å²) in [5.74, 6) is -1.03. The molecule has 364 valence electrons. The topological polar surface area (TPSA) is 149 Å². The molecule has 0 saturated carbocycles. The molecule has 0 bridgehead atoms. The van der Waals surface area contributed by atoms with Crippen molar-refractivity contribution in [3.8, 4) is 0 Å². The van der Waals surface area contributed by atoms with Crippen LogP contribution < -0.4 is 0 Å². The maximum absolute atomic E-state index is 12.6. The highest BCUT2D eigenvalue weighted by Crippen LogP contribution is 2.43. The van der Waals surface area contributed by atoms with Crippen molar-refractivity contribution in [1.82, 2.24) is 0 Å². The average Bonchev–Trinajstić information content (AvgIpc) is 3.27. The summed E-state index contributed by atoms with van der Waals surface area (Å²) in [5.41, 5.74) is 0. The van der Waals surface area contributed by atoms with Crippen molar-refractivity contribution in [3.63, 3.8) is 0 Å². The number of phosphoric acid groups is 1. The Bertz CT molecular complexity index is 1270. The van der Waals surface area contributed by atoms with Gasteiger partial charge in [0.05, 0.1) is 19.8 Å². The van der Waals surface area contributed by atoms with Crippen LogP contribution in [0, 0.1) is 0 Å². The number of carbonyl (C=O) groups excluding carboxylic acids is 2. The van der Waals surface area contributed by atoms with Crippen LogP contribution in [0.2, 0.25) is 0 Å². The summed E-state index contributed by atoms with van der Waals surface area (Å²) in [4.78, 5) is 35.1. The van der Waals surface area contributed by atoms with E-state index in [1.54, 1.807) is 0 Å². The smallest absolute Gasteiger partial charge is 0.462 e. The minimum Gasteiger partial charge on any atom is -0.462 e. The zero-order valence-corrected chi connectivity index (χ0v) is 40.7. The van der Waals surface area contributed by atoms with E-state index in [0.29, 0.717) is 19.3 Å². The van der Waals surface area contributed by atoms with E-state index in [2.05, 4.69) is 74.6 Å². The second-order valence-electron chi connectivity index (χ2n) is 16.5. The highest BCUT2D eigenvalue weighted by molar-refractivity contribution is 7.47. The fourth-order valence-corrected chi connectivity index (χ4v) is 7.35. The second-order valence-corrected chi connectivity index (χ2v) is 17.9. The van der Waals surface area contributed by atoms with Crippen molar-refractivity contribution in [2.45, 2.75) is 219 Å². The maximum Gasteiger partial charge on any atom is 0.472 e. The number of hydrogen-bond donors (Lipinski definition) is 3. The number of phosphoric ester groups is 1. The van der Waals surface area contributed by atoms with Crippen molar-refractivity contribution in [3.05, 3.63) is 72.9 Å². The first-order valence-corrected chi connectivity index (χ1v) is 26.4. The number of allylic oxidation sites excluding steroid dienone is 12. The molecule has 0 radical (unpaired) electrons. The summed E-state index contributed by atoms with van der Waals surface area (Å²) in [6, 6.07) is 0. The van der Waals surface area contributed by atoms with Crippen LogP contribution in [0.5, 0.6) is 0 Å². The molecule has 0 aliphatic carbocycles. The Morgan fingerprint density at radius 3 is 1.33 bits per heavy atom. The summed E-state index contributed by atoms with van der Waals surface area (Å²) in [5, 5.41) is 18.4. The molecule has 0 aliphatic rings. The fourth-order valence-electron chi connectivity index (χ4n) is 6.56. The molecule has 63 heavy (non-hydrogen) atoms. The van der Waals surface area contributed by atoms with Gasteiger partial charge in [-0.3, -0.25) is 18.6 Å². The van der Waals surface area contributed by atoms with Gasteiger partial charge in [0.1, 0.15) is 12.7 Å². The van der Waals surface area contributed by atoms with Crippen LogP contribution in [-0.2, 0) is 32.7 Å². The third-order valence-corrected chi connectivity index (χ3v) is 11.3. The van der Waals surface area contributed by atoms with E-state index < -0.39 is 51.8 Å². The first-order valence-electron chi connectivity index (χ1n) is 24.9. The van der Waals surface area contributed by atoms with Gasteiger partial charge in [0, 0.05) is 12.8 Å². The van der Waals surface area contributed by atoms with Crippen molar-refractivity contribution >= 4 is 19.8 Å². The van der Waals surface area contributed by atoms with Crippen LogP contribution in [-0.4, -0.2) is 65.7 Å². The first-order chi connectivity index (χ1) is 30.7. The molecule has 0 aliphatic heterocycles. The van der Waals surface area contributed by atoms with E-state index >= 15 is 0 Å². The Kier molecular flexibility index (Phi) is 45.4. The number of aliphatic hydroxyl groups is 2. The Morgan fingerprint density at radius 1 is 0.492 bits per heavy atom. The van der Waals surface area contributed by atoms with Gasteiger partial charge in [-0.25, -0.2) is 4.57 Å². The lowest BCUT2D eigenvalue weighted by Crippen LogP contribution is -2.29. The molecule has 11 heteroatoms. The lowest BCUT2D eigenvalue weighted by molar-refractivity contribution is -0.161. The minimum atomic E-state index is -4.65. The van der Waals surface area contributed by atoms with Crippen molar-refractivity contribution < 1.29 is 47.8 Å². The highest BCUT2D eigenvalue weighted by atomic mass is 31.2. The normalized spacial score (nSPS) is 14.3. The lowest BCUT2D eigenvalue weighted by Gasteiger charge is -2.20. The molecule has 3 N–H and O–H groups in total. The van der Waals surface area contributed by atoms with Crippen LogP contribution in [0.3, 0.4) is 0 Å². The van der Waals surface area contributed by atoms with Crippen LogP contribution in [0.15, 0.2) is 72.9 Å². The Labute approximate surface area is 384 Å². The monoisotopic (exact) mass is 907 g/mol. The van der Waals surface area contributed by atoms with Gasteiger partial charge >= 0.3 is 19.8 Å². The summed E-state index contributed by atoms with van der Waals surface area (Å²) >= 11 is 0. The molecule has 1 unspecified atom stereocenters. The van der Waals surface area contributed by atoms with Crippen molar-refractivity contribution in [2.24, 2.45) is 0 Å². The lowest BCUT2D eigenvalue weighted by atomic mass is 10.0. The third-order valence-electron chi connectivity index (χ3n) is 10.3. The van der Waals surface area contributed by atoms with Crippen molar-refractivity contribution in [2.75, 3.05) is 26.4 Å². The van der Waals surface area contributed by atoms with Gasteiger partial charge in [0.2, 0.25) is 0 Å². The van der Waals surface area contributed by atoms with E-state index in [0.717, 1.165) is 44.9 Å². The highest BCUT2D eigenvalue weighted by Gasteiger charge is 2.27. The zero-order chi connectivity index (χ0) is 46.2. The molecule has 0 aromatic carbocycles. The number of aliphatic hydroxyl groups excluding tert-OH is 2. The fraction of sp³-hybridized carbons (Fsp3) is 0.731. The zero-order valence-electron chi connectivity index (χ0n) is 39.8. The number of ether oxygens (including phenoxy) is 2. The van der Waals surface area contributed by atoms with Gasteiger partial charge in [0.25, 0.3) is 0 Å². The van der Waals surface area contributed by atoms with E-state index in [1.165, 1.54) is 116 Å². The molecule has 0 fully saturated rings. The molecule has 10 nitrogen and oxygen atoms in total. The summed E-state index contributed by atoms with van der Waals surface area (Å²) in [6.45, 7) is 2.19.